The van der Waals surface area contributed by atoms with E-state index in [1.54, 1.807) is 0 Å². The van der Waals surface area contributed by atoms with Crippen LogP contribution in [0.15, 0.2) is 24.3 Å². The molecule has 21 heavy (non-hydrogen) atoms. The summed E-state index contributed by atoms with van der Waals surface area (Å²) in [5.74, 6) is 1.09. The van der Waals surface area contributed by atoms with Crippen LogP contribution in [0.3, 0.4) is 0 Å². The van der Waals surface area contributed by atoms with Crippen molar-refractivity contribution in [2.45, 2.75) is 6.92 Å². The molecule has 1 amide bonds. The number of piperazine rings is 1. The molecule has 2 rings (SSSR count). The van der Waals surface area contributed by atoms with Crippen LogP contribution in [0, 0.1) is 6.92 Å². The predicted octanol–water partition coefficient (Wildman–Crippen LogP) is 0.737. The summed E-state index contributed by atoms with van der Waals surface area (Å²) in [6.45, 7) is 7.25. The summed E-state index contributed by atoms with van der Waals surface area (Å²) in [6.07, 6.45) is 0. The lowest BCUT2D eigenvalue weighted by Gasteiger charge is -2.29. The van der Waals surface area contributed by atoms with E-state index < -0.39 is 0 Å². The van der Waals surface area contributed by atoms with Crippen molar-refractivity contribution in [2.24, 2.45) is 0 Å². The van der Waals surface area contributed by atoms with E-state index in [9.17, 15) is 4.79 Å². The highest BCUT2D eigenvalue weighted by Gasteiger charge is 2.17. The molecule has 1 aromatic carbocycles. The number of amides is 1. The Morgan fingerprint density at radius 1 is 1.38 bits per heavy atom. The third-order valence-corrected chi connectivity index (χ3v) is 3.61. The number of benzene rings is 1. The minimum atomic E-state index is 0.203. The quantitative estimate of drug-likeness (QED) is 0.839. The third kappa shape index (κ3) is 5.36. The number of nitrogens with one attached hydrogen (secondary N) is 1. The van der Waals surface area contributed by atoms with Crippen LogP contribution < -0.4 is 10.1 Å². The summed E-state index contributed by atoms with van der Waals surface area (Å²) in [6, 6.07) is 8.01. The Kier molecular flexibility index (Phi) is 6.02. The largest absolute Gasteiger partial charge is 0.492 e. The maximum absolute atomic E-state index is 12.1. The highest BCUT2D eigenvalue weighted by molar-refractivity contribution is 5.78. The van der Waals surface area contributed by atoms with E-state index in [1.165, 1.54) is 5.56 Å². The van der Waals surface area contributed by atoms with E-state index in [0.717, 1.165) is 38.5 Å². The molecule has 5 heteroatoms. The average Bonchev–Trinajstić information content (AvgIpc) is 2.48. The number of hydrogen-bond donors (Lipinski definition) is 1. The van der Waals surface area contributed by atoms with Crippen molar-refractivity contribution >= 4 is 5.91 Å². The van der Waals surface area contributed by atoms with Gasteiger partial charge in [-0.05, 0) is 31.7 Å². The molecular weight excluding hydrogens is 266 g/mol. The first kappa shape index (κ1) is 15.8. The highest BCUT2D eigenvalue weighted by atomic mass is 16.5. The Labute approximate surface area is 126 Å². The van der Waals surface area contributed by atoms with Gasteiger partial charge in [0.2, 0.25) is 5.91 Å². The van der Waals surface area contributed by atoms with E-state index in [-0.39, 0.29) is 5.91 Å². The second-order valence-electron chi connectivity index (χ2n) is 5.53. The van der Waals surface area contributed by atoms with Gasteiger partial charge in [0.1, 0.15) is 12.4 Å². The lowest BCUT2D eigenvalue weighted by molar-refractivity contribution is -0.132. The molecule has 1 aliphatic rings. The van der Waals surface area contributed by atoms with Crippen LogP contribution in [-0.4, -0.2) is 68.6 Å². The second kappa shape index (κ2) is 8.00. The van der Waals surface area contributed by atoms with Gasteiger partial charge in [0.05, 0.1) is 6.54 Å². The van der Waals surface area contributed by atoms with Crippen LogP contribution >= 0.6 is 0 Å². The first-order valence-corrected chi connectivity index (χ1v) is 7.51. The van der Waals surface area contributed by atoms with Crippen LogP contribution in [0.4, 0.5) is 0 Å². The van der Waals surface area contributed by atoms with Gasteiger partial charge in [0.25, 0.3) is 0 Å². The summed E-state index contributed by atoms with van der Waals surface area (Å²) in [5.41, 5.74) is 1.19. The van der Waals surface area contributed by atoms with Crippen molar-refractivity contribution in [3.05, 3.63) is 29.8 Å². The van der Waals surface area contributed by atoms with Gasteiger partial charge in [0.15, 0.2) is 0 Å². The number of aryl methyl sites for hydroxylation is 1. The normalized spacial score (nSPS) is 15.3. The van der Waals surface area contributed by atoms with Gasteiger partial charge in [-0.2, -0.15) is 0 Å². The van der Waals surface area contributed by atoms with Gasteiger partial charge in [-0.1, -0.05) is 12.1 Å². The van der Waals surface area contributed by atoms with E-state index in [4.69, 9.17) is 4.74 Å². The number of likely N-dealkylation sites (N-methyl/N-ethyl adjacent to an activating group) is 1. The molecule has 0 radical (unpaired) electrons. The molecule has 0 aliphatic carbocycles. The first-order chi connectivity index (χ1) is 10.1. The molecule has 5 nitrogen and oxygen atoms in total. The maximum Gasteiger partial charge on any atom is 0.236 e. The molecule has 116 valence electrons. The van der Waals surface area contributed by atoms with Crippen LogP contribution in [0.2, 0.25) is 0 Å². The number of hydrogen-bond acceptors (Lipinski definition) is 4. The molecular formula is C16H25N3O2. The third-order valence-electron chi connectivity index (χ3n) is 3.61. The molecule has 1 aliphatic heterocycles. The molecule has 1 N–H and O–H groups in total. The SMILES string of the molecule is Cc1cccc(OCCN(C)CC(=O)N2CCNCC2)c1. The Hall–Kier alpha value is -1.59. The monoisotopic (exact) mass is 291 g/mol. The zero-order valence-corrected chi connectivity index (χ0v) is 13.0. The Morgan fingerprint density at radius 3 is 2.86 bits per heavy atom. The van der Waals surface area contributed by atoms with Crippen molar-refractivity contribution in [1.29, 1.82) is 0 Å². The van der Waals surface area contributed by atoms with E-state index >= 15 is 0 Å². The topological polar surface area (TPSA) is 44.8 Å². The summed E-state index contributed by atoms with van der Waals surface area (Å²) in [5, 5.41) is 3.25. The predicted molar refractivity (Wildman–Crippen MR) is 83.6 cm³/mol. The van der Waals surface area contributed by atoms with Crippen molar-refractivity contribution < 1.29 is 9.53 Å². The minimum absolute atomic E-state index is 0.203. The Bertz CT molecular complexity index is 459. The van der Waals surface area contributed by atoms with Gasteiger partial charge >= 0.3 is 0 Å². The van der Waals surface area contributed by atoms with Crippen LogP contribution in [0.5, 0.6) is 5.75 Å². The molecule has 1 aromatic rings. The molecule has 1 saturated heterocycles. The van der Waals surface area contributed by atoms with E-state index in [2.05, 4.69) is 5.32 Å². The van der Waals surface area contributed by atoms with Gasteiger partial charge in [-0.3, -0.25) is 9.69 Å². The van der Waals surface area contributed by atoms with Crippen molar-refractivity contribution in [2.75, 3.05) is 52.9 Å². The second-order valence-corrected chi connectivity index (χ2v) is 5.53. The van der Waals surface area contributed by atoms with Crippen molar-refractivity contribution in [3.8, 4) is 5.75 Å². The van der Waals surface area contributed by atoms with Crippen LogP contribution in [0.1, 0.15) is 5.56 Å². The highest BCUT2D eigenvalue weighted by Crippen LogP contribution is 2.12. The van der Waals surface area contributed by atoms with Gasteiger partial charge < -0.3 is 15.0 Å². The molecule has 0 saturated carbocycles. The maximum atomic E-state index is 12.1. The molecule has 0 aromatic heterocycles. The summed E-state index contributed by atoms with van der Waals surface area (Å²) in [4.78, 5) is 16.0. The van der Waals surface area contributed by atoms with E-state index in [0.29, 0.717) is 13.2 Å². The van der Waals surface area contributed by atoms with E-state index in [1.807, 2.05) is 48.0 Å². The smallest absolute Gasteiger partial charge is 0.236 e. The molecule has 1 heterocycles. The molecule has 0 spiro atoms. The van der Waals surface area contributed by atoms with Crippen molar-refractivity contribution in [3.63, 3.8) is 0 Å². The first-order valence-electron chi connectivity index (χ1n) is 7.51. The molecule has 0 atom stereocenters. The number of carbonyl (C=O) groups excluding carboxylic acids is 1. The fourth-order valence-electron chi connectivity index (χ4n) is 2.35. The standard InChI is InChI=1S/C16H25N3O2/c1-14-4-3-5-15(12-14)21-11-10-18(2)13-16(20)19-8-6-17-7-9-19/h3-5,12,17H,6-11,13H2,1-2H3. The van der Waals surface area contributed by atoms with Crippen molar-refractivity contribution in [1.82, 2.24) is 15.1 Å². The number of ether oxygens (including phenoxy) is 1. The number of nitrogens with zero attached hydrogens (tertiary/aromatic N) is 2. The van der Waals surface area contributed by atoms with Crippen LogP contribution in [0.25, 0.3) is 0 Å². The molecule has 0 unspecified atom stereocenters. The fourth-order valence-corrected chi connectivity index (χ4v) is 2.35. The van der Waals surface area contributed by atoms with Crippen LogP contribution in [-0.2, 0) is 4.79 Å². The summed E-state index contributed by atoms with van der Waals surface area (Å²) in [7, 11) is 1.96. The minimum Gasteiger partial charge on any atom is -0.492 e. The zero-order valence-electron chi connectivity index (χ0n) is 13.0. The fraction of sp³-hybridized carbons (Fsp3) is 0.562. The lowest BCUT2D eigenvalue weighted by atomic mass is 10.2. The molecule has 1 fully saturated rings. The number of carbonyl (C=O) groups is 1. The summed E-state index contributed by atoms with van der Waals surface area (Å²) < 4.78 is 5.71. The Morgan fingerprint density at radius 2 is 2.14 bits per heavy atom. The van der Waals surface area contributed by atoms with Gasteiger partial charge in [-0.25, -0.2) is 0 Å². The zero-order chi connectivity index (χ0) is 15.1. The average molecular weight is 291 g/mol. The van der Waals surface area contributed by atoms with Gasteiger partial charge in [0, 0.05) is 32.7 Å². The molecule has 0 bridgehead atoms. The Balaban J connectivity index is 1.67. The number of rotatable bonds is 6. The summed E-state index contributed by atoms with van der Waals surface area (Å²) >= 11 is 0. The lowest BCUT2D eigenvalue weighted by Crippen LogP contribution is -2.49. The van der Waals surface area contributed by atoms with Gasteiger partial charge in [-0.15, -0.1) is 0 Å².